The second-order valence-corrected chi connectivity index (χ2v) is 8.36. The molecular weight excluding hydrogens is 384 g/mol. The fourth-order valence-electron chi connectivity index (χ4n) is 4.86. The average molecular weight is 411 g/mol. The highest BCUT2D eigenvalue weighted by molar-refractivity contribution is 6.00. The van der Waals surface area contributed by atoms with Gasteiger partial charge >= 0.3 is 0 Å². The van der Waals surface area contributed by atoms with Crippen molar-refractivity contribution in [1.82, 2.24) is 9.47 Å². The quantitative estimate of drug-likeness (QED) is 0.404. The zero-order chi connectivity index (χ0) is 21.7. The van der Waals surface area contributed by atoms with E-state index in [2.05, 4.69) is 67.1 Å². The first-order valence-electron chi connectivity index (χ1n) is 10.6. The molecule has 4 nitrogen and oxygen atoms in total. The van der Waals surface area contributed by atoms with Crippen LogP contribution >= 0.6 is 0 Å². The molecule has 0 aliphatic carbocycles. The third-order valence-electron chi connectivity index (χ3n) is 6.48. The molecule has 1 amide bonds. The summed E-state index contributed by atoms with van der Waals surface area (Å²) in [7, 11) is 2.11. The van der Waals surface area contributed by atoms with E-state index < -0.39 is 0 Å². The number of carbonyl (C=O) groups excluding carboxylic acids is 1. The van der Waals surface area contributed by atoms with Gasteiger partial charge in [0, 0.05) is 29.1 Å². The first kappa shape index (κ1) is 19.4. The zero-order valence-corrected chi connectivity index (χ0v) is 18.3. The molecule has 1 atom stereocenters. The summed E-state index contributed by atoms with van der Waals surface area (Å²) >= 11 is 0. The molecule has 0 spiro atoms. The van der Waals surface area contributed by atoms with Crippen molar-refractivity contribution in [2.75, 3.05) is 0 Å². The van der Waals surface area contributed by atoms with E-state index in [1.54, 1.807) is 0 Å². The van der Waals surface area contributed by atoms with Crippen LogP contribution in [0.5, 0.6) is 0 Å². The number of rotatable bonds is 4. The molecular formula is C27H26N2O2. The van der Waals surface area contributed by atoms with Crippen molar-refractivity contribution in [2.45, 2.75) is 33.4 Å². The van der Waals surface area contributed by atoms with Crippen molar-refractivity contribution in [3.8, 4) is 11.3 Å². The fraction of sp³-hybridized carbons (Fsp3) is 0.222. The molecule has 0 fully saturated rings. The molecule has 2 aromatic carbocycles. The van der Waals surface area contributed by atoms with Crippen LogP contribution in [0.2, 0.25) is 0 Å². The number of para-hydroxylation sites is 1. The Morgan fingerprint density at radius 3 is 2.32 bits per heavy atom. The summed E-state index contributed by atoms with van der Waals surface area (Å²) in [6.07, 6.45) is 0. The van der Waals surface area contributed by atoms with Crippen LogP contribution in [0.4, 0.5) is 0 Å². The van der Waals surface area contributed by atoms with Gasteiger partial charge < -0.3 is 13.9 Å². The Hall–Kier alpha value is -3.53. The van der Waals surface area contributed by atoms with E-state index in [4.69, 9.17) is 4.42 Å². The molecule has 0 bridgehead atoms. The van der Waals surface area contributed by atoms with Gasteiger partial charge in [-0.15, -0.1) is 0 Å². The topological polar surface area (TPSA) is 38.4 Å². The smallest absolute Gasteiger partial charge is 0.250 e. The highest BCUT2D eigenvalue weighted by atomic mass is 16.3. The molecule has 1 unspecified atom stereocenters. The predicted octanol–water partition coefficient (Wildman–Crippen LogP) is 6.17. The van der Waals surface area contributed by atoms with Crippen LogP contribution in [0.1, 0.15) is 37.0 Å². The number of benzene rings is 2. The number of carbonyl (C=O) groups is 1. The summed E-state index contributed by atoms with van der Waals surface area (Å²) in [5, 5.41) is 1.18. The summed E-state index contributed by atoms with van der Waals surface area (Å²) in [6.45, 7) is 6.40. The first-order valence-corrected chi connectivity index (χ1v) is 10.6. The van der Waals surface area contributed by atoms with Gasteiger partial charge in [-0.1, -0.05) is 48.5 Å². The summed E-state index contributed by atoms with van der Waals surface area (Å²) < 4.78 is 8.09. The molecule has 0 N–H and O–H groups in total. The Labute approximate surface area is 182 Å². The predicted molar refractivity (Wildman–Crippen MR) is 123 cm³/mol. The van der Waals surface area contributed by atoms with Crippen molar-refractivity contribution < 1.29 is 9.21 Å². The lowest BCUT2D eigenvalue weighted by atomic mass is 9.93. The monoisotopic (exact) mass is 410 g/mol. The van der Waals surface area contributed by atoms with Gasteiger partial charge in [0.25, 0.3) is 5.91 Å². The molecule has 4 heteroatoms. The number of fused-ring (bicyclic) bond motifs is 1. The highest BCUT2D eigenvalue weighted by Gasteiger charge is 2.39. The van der Waals surface area contributed by atoms with Crippen LogP contribution in [-0.4, -0.2) is 15.4 Å². The first-order chi connectivity index (χ1) is 15.0. The van der Waals surface area contributed by atoms with Gasteiger partial charge in [0.1, 0.15) is 11.5 Å². The number of aromatic nitrogens is 1. The van der Waals surface area contributed by atoms with E-state index in [1.807, 2.05) is 36.9 Å². The Balaban J connectivity index is 1.75. The summed E-state index contributed by atoms with van der Waals surface area (Å²) in [4.78, 5) is 15.3. The lowest BCUT2D eigenvalue weighted by Gasteiger charge is -2.27. The van der Waals surface area contributed by atoms with E-state index >= 15 is 0 Å². The van der Waals surface area contributed by atoms with Gasteiger partial charge in [0.15, 0.2) is 0 Å². The maximum absolute atomic E-state index is 13.3. The standard InChI is InChI=1S/C27H26N2O2/c1-17-14-15-21(31-17)16-29-25(18(2)19(3)27(29)30)24-22-12-8-9-13-23(22)28(4)26(24)20-10-6-5-7-11-20/h5-15,25H,16H2,1-4H3. The summed E-state index contributed by atoms with van der Waals surface area (Å²) in [5.41, 5.74) is 6.55. The van der Waals surface area contributed by atoms with Crippen LogP contribution in [0.15, 0.2) is 82.3 Å². The Kier molecular flexibility index (Phi) is 4.58. The SMILES string of the molecule is CC1=C(C)C(c2c(-c3ccccc3)n(C)c3ccccc23)N(Cc2ccc(C)o2)C1=O. The van der Waals surface area contributed by atoms with Crippen LogP contribution in [0, 0.1) is 6.92 Å². The summed E-state index contributed by atoms with van der Waals surface area (Å²) in [6, 6.07) is 22.7. The number of amides is 1. The minimum Gasteiger partial charge on any atom is -0.464 e. The van der Waals surface area contributed by atoms with Gasteiger partial charge in [-0.25, -0.2) is 0 Å². The van der Waals surface area contributed by atoms with Crippen molar-refractivity contribution in [1.29, 1.82) is 0 Å². The van der Waals surface area contributed by atoms with E-state index in [0.717, 1.165) is 39.4 Å². The van der Waals surface area contributed by atoms with E-state index in [1.165, 1.54) is 10.9 Å². The van der Waals surface area contributed by atoms with E-state index in [0.29, 0.717) is 6.54 Å². The molecule has 5 rings (SSSR count). The van der Waals surface area contributed by atoms with Crippen LogP contribution in [-0.2, 0) is 18.4 Å². The molecule has 0 saturated heterocycles. The Morgan fingerprint density at radius 1 is 0.903 bits per heavy atom. The highest BCUT2D eigenvalue weighted by Crippen LogP contribution is 2.46. The molecule has 1 aliphatic heterocycles. The number of hydrogen-bond donors (Lipinski definition) is 0. The second kappa shape index (κ2) is 7.31. The van der Waals surface area contributed by atoms with Gasteiger partial charge in [-0.3, -0.25) is 4.79 Å². The Morgan fingerprint density at radius 2 is 1.61 bits per heavy atom. The molecule has 156 valence electrons. The van der Waals surface area contributed by atoms with Crippen molar-refractivity contribution in [3.05, 3.63) is 95.0 Å². The largest absolute Gasteiger partial charge is 0.464 e. The normalized spacial score (nSPS) is 16.7. The average Bonchev–Trinajstić information content (AvgIpc) is 3.39. The minimum absolute atomic E-state index is 0.0727. The second-order valence-electron chi connectivity index (χ2n) is 8.36. The fourth-order valence-corrected chi connectivity index (χ4v) is 4.86. The van der Waals surface area contributed by atoms with Crippen molar-refractivity contribution in [2.24, 2.45) is 7.05 Å². The lowest BCUT2D eigenvalue weighted by molar-refractivity contribution is -0.127. The summed E-state index contributed by atoms with van der Waals surface area (Å²) in [5.74, 6) is 1.73. The lowest BCUT2D eigenvalue weighted by Crippen LogP contribution is -2.29. The Bertz CT molecular complexity index is 1320. The van der Waals surface area contributed by atoms with Gasteiger partial charge in [-0.05, 0) is 50.1 Å². The van der Waals surface area contributed by atoms with Gasteiger partial charge in [0.05, 0.1) is 18.3 Å². The maximum Gasteiger partial charge on any atom is 0.250 e. The van der Waals surface area contributed by atoms with Crippen molar-refractivity contribution in [3.63, 3.8) is 0 Å². The molecule has 0 saturated carbocycles. The molecule has 1 aliphatic rings. The van der Waals surface area contributed by atoms with Crippen LogP contribution in [0.3, 0.4) is 0 Å². The molecule has 2 aromatic heterocycles. The van der Waals surface area contributed by atoms with Crippen LogP contribution in [0.25, 0.3) is 22.2 Å². The number of hydrogen-bond acceptors (Lipinski definition) is 2. The molecule has 0 radical (unpaired) electrons. The third kappa shape index (κ3) is 3.02. The van der Waals surface area contributed by atoms with Crippen LogP contribution < -0.4 is 0 Å². The number of furan rings is 1. The number of nitrogens with zero attached hydrogens (tertiary/aromatic N) is 2. The van der Waals surface area contributed by atoms with Gasteiger partial charge in [0.2, 0.25) is 0 Å². The molecule has 31 heavy (non-hydrogen) atoms. The van der Waals surface area contributed by atoms with E-state index in [-0.39, 0.29) is 11.9 Å². The minimum atomic E-state index is -0.140. The van der Waals surface area contributed by atoms with Crippen molar-refractivity contribution >= 4 is 16.8 Å². The van der Waals surface area contributed by atoms with Gasteiger partial charge in [-0.2, -0.15) is 0 Å². The third-order valence-corrected chi connectivity index (χ3v) is 6.48. The molecule has 4 aromatic rings. The molecule has 3 heterocycles. The number of aryl methyl sites for hydroxylation is 2. The van der Waals surface area contributed by atoms with E-state index in [9.17, 15) is 4.79 Å². The maximum atomic E-state index is 13.3. The zero-order valence-electron chi connectivity index (χ0n) is 18.3.